The van der Waals surface area contributed by atoms with Gasteiger partial charge in [-0.1, -0.05) is 18.2 Å². The SMILES string of the molecule is CC(Oc1ccccc1)C(=O)N1CC(Oc2cc(C#N)ccn2)C1. The quantitative estimate of drug-likeness (QED) is 0.841. The Bertz CT molecular complexity index is 752. The van der Waals surface area contributed by atoms with Crippen LogP contribution in [0.15, 0.2) is 48.7 Å². The highest BCUT2D eigenvalue weighted by Crippen LogP contribution is 2.19. The first-order valence-corrected chi connectivity index (χ1v) is 7.69. The van der Waals surface area contributed by atoms with Crippen LogP contribution in [-0.4, -0.2) is 41.1 Å². The second kappa shape index (κ2) is 7.01. The molecule has 1 fully saturated rings. The average Bonchev–Trinajstić information content (AvgIpc) is 2.58. The fraction of sp³-hybridized carbons (Fsp3) is 0.278. The third-order valence-electron chi connectivity index (χ3n) is 3.71. The number of carbonyl (C=O) groups excluding carboxylic acids is 1. The van der Waals surface area contributed by atoms with Gasteiger partial charge in [0.15, 0.2) is 6.10 Å². The number of benzene rings is 1. The predicted octanol–water partition coefficient (Wildman–Crippen LogP) is 2.01. The number of para-hydroxylation sites is 1. The molecule has 6 heteroatoms. The van der Waals surface area contributed by atoms with Gasteiger partial charge in [0.25, 0.3) is 5.91 Å². The Kier molecular flexibility index (Phi) is 4.62. The number of aromatic nitrogens is 1. The van der Waals surface area contributed by atoms with Crippen molar-refractivity contribution in [3.05, 3.63) is 54.2 Å². The third kappa shape index (κ3) is 3.63. The maximum atomic E-state index is 12.3. The van der Waals surface area contributed by atoms with Crippen LogP contribution in [0, 0.1) is 11.3 Å². The molecule has 0 spiro atoms. The van der Waals surface area contributed by atoms with E-state index in [1.54, 1.807) is 24.0 Å². The van der Waals surface area contributed by atoms with Crippen molar-refractivity contribution in [2.24, 2.45) is 0 Å². The van der Waals surface area contributed by atoms with Crippen LogP contribution in [0.1, 0.15) is 12.5 Å². The van der Waals surface area contributed by atoms with E-state index < -0.39 is 6.10 Å². The van der Waals surface area contributed by atoms with E-state index in [0.29, 0.717) is 30.3 Å². The number of hydrogen-bond acceptors (Lipinski definition) is 5. The number of likely N-dealkylation sites (tertiary alicyclic amines) is 1. The molecule has 24 heavy (non-hydrogen) atoms. The molecular formula is C18H17N3O3. The summed E-state index contributed by atoms with van der Waals surface area (Å²) >= 11 is 0. The maximum absolute atomic E-state index is 12.3. The molecule has 0 bridgehead atoms. The van der Waals surface area contributed by atoms with Crippen molar-refractivity contribution in [3.63, 3.8) is 0 Å². The van der Waals surface area contributed by atoms with E-state index in [4.69, 9.17) is 14.7 Å². The van der Waals surface area contributed by atoms with E-state index in [9.17, 15) is 4.79 Å². The van der Waals surface area contributed by atoms with E-state index in [1.165, 1.54) is 6.20 Å². The molecule has 3 rings (SSSR count). The van der Waals surface area contributed by atoms with Gasteiger partial charge in [-0.25, -0.2) is 4.98 Å². The number of nitriles is 1. The second-order valence-electron chi connectivity index (χ2n) is 5.55. The molecule has 1 aliphatic heterocycles. The minimum absolute atomic E-state index is 0.0718. The Hall–Kier alpha value is -3.07. The highest BCUT2D eigenvalue weighted by Gasteiger charge is 2.35. The molecule has 1 aromatic heterocycles. The standard InChI is InChI=1S/C18H17N3O3/c1-13(23-15-5-3-2-4-6-15)18(22)21-11-16(12-21)24-17-9-14(10-19)7-8-20-17/h2-9,13,16H,11-12H2,1H3. The Morgan fingerprint density at radius 1 is 1.33 bits per heavy atom. The maximum Gasteiger partial charge on any atom is 0.263 e. The first-order chi connectivity index (χ1) is 11.7. The molecule has 0 N–H and O–H groups in total. The smallest absolute Gasteiger partial charge is 0.263 e. The lowest BCUT2D eigenvalue weighted by Crippen LogP contribution is -2.58. The first kappa shape index (κ1) is 15.8. The Morgan fingerprint density at radius 3 is 2.79 bits per heavy atom. The zero-order valence-electron chi connectivity index (χ0n) is 13.3. The van der Waals surface area contributed by atoms with Crippen LogP contribution < -0.4 is 9.47 Å². The molecule has 2 heterocycles. The summed E-state index contributed by atoms with van der Waals surface area (Å²) in [5, 5.41) is 8.86. The van der Waals surface area contributed by atoms with Crippen LogP contribution >= 0.6 is 0 Å². The zero-order chi connectivity index (χ0) is 16.9. The molecule has 2 aromatic rings. The summed E-state index contributed by atoms with van der Waals surface area (Å²) in [6, 6.07) is 14.5. The normalized spacial score (nSPS) is 15.1. The fourth-order valence-corrected chi connectivity index (χ4v) is 2.42. The molecule has 0 saturated carbocycles. The minimum Gasteiger partial charge on any atom is -0.481 e. The Balaban J connectivity index is 1.49. The fourth-order valence-electron chi connectivity index (χ4n) is 2.42. The molecule has 6 nitrogen and oxygen atoms in total. The monoisotopic (exact) mass is 323 g/mol. The average molecular weight is 323 g/mol. The first-order valence-electron chi connectivity index (χ1n) is 7.69. The number of amides is 1. The van der Waals surface area contributed by atoms with Crippen molar-refractivity contribution in [3.8, 4) is 17.7 Å². The van der Waals surface area contributed by atoms with Gasteiger partial charge >= 0.3 is 0 Å². The number of ether oxygens (including phenoxy) is 2. The summed E-state index contributed by atoms with van der Waals surface area (Å²) in [5.74, 6) is 1.00. The van der Waals surface area contributed by atoms with E-state index >= 15 is 0 Å². The van der Waals surface area contributed by atoms with Crippen molar-refractivity contribution in [1.29, 1.82) is 5.26 Å². The van der Waals surface area contributed by atoms with Crippen LogP contribution in [0.5, 0.6) is 11.6 Å². The molecule has 1 amide bonds. The number of nitrogens with zero attached hydrogens (tertiary/aromatic N) is 3. The van der Waals surface area contributed by atoms with Crippen molar-refractivity contribution in [1.82, 2.24) is 9.88 Å². The summed E-state index contributed by atoms with van der Waals surface area (Å²) in [6.07, 6.45) is 0.873. The summed E-state index contributed by atoms with van der Waals surface area (Å²) in [5.41, 5.74) is 0.497. The van der Waals surface area contributed by atoms with Gasteiger partial charge in [0.1, 0.15) is 11.9 Å². The van der Waals surface area contributed by atoms with Crippen LogP contribution in [-0.2, 0) is 4.79 Å². The molecule has 0 radical (unpaired) electrons. The lowest BCUT2D eigenvalue weighted by Gasteiger charge is -2.39. The number of pyridine rings is 1. The van der Waals surface area contributed by atoms with Gasteiger partial charge in [-0.2, -0.15) is 5.26 Å². The predicted molar refractivity (Wildman–Crippen MR) is 86.5 cm³/mol. The number of hydrogen-bond donors (Lipinski definition) is 0. The second-order valence-corrected chi connectivity index (χ2v) is 5.55. The van der Waals surface area contributed by atoms with Gasteiger partial charge in [-0.05, 0) is 25.1 Å². The van der Waals surface area contributed by atoms with Gasteiger partial charge in [0, 0.05) is 12.3 Å². The lowest BCUT2D eigenvalue weighted by atomic mass is 10.1. The molecular weight excluding hydrogens is 306 g/mol. The minimum atomic E-state index is -0.548. The third-order valence-corrected chi connectivity index (χ3v) is 3.71. The Labute approximate surface area is 140 Å². The highest BCUT2D eigenvalue weighted by molar-refractivity contribution is 5.81. The van der Waals surface area contributed by atoms with E-state index in [1.807, 2.05) is 36.4 Å². The van der Waals surface area contributed by atoms with Gasteiger partial charge in [0.05, 0.1) is 24.7 Å². The molecule has 1 aromatic carbocycles. The molecule has 122 valence electrons. The van der Waals surface area contributed by atoms with Crippen LogP contribution in [0.25, 0.3) is 0 Å². The van der Waals surface area contributed by atoms with Gasteiger partial charge in [-0.3, -0.25) is 4.79 Å². The van der Waals surface area contributed by atoms with Gasteiger partial charge in [-0.15, -0.1) is 0 Å². The number of carbonyl (C=O) groups is 1. The summed E-state index contributed by atoms with van der Waals surface area (Å²) < 4.78 is 11.3. The topological polar surface area (TPSA) is 75.4 Å². The molecule has 1 saturated heterocycles. The number of rotatable bonds is 5. The summed E-state index contributed by atoms with van der Waals surface area (Å²) in [6.45, 7) is 2.71. The van der Waals surface area contributed by atoms with E-state index in [0.717, 1.165) is 0 Å². The van der Waals surface area contributed by atoms with Gasteiger partial charge < -0.3 is 14.4 Å². The van der Waals surface area contributed by atoms with Crippen molar-refractivity contribution < 1.29 is 14.3 Å². The Morgan fingerprint density at radius 2 is 2.08 bits per heavy atom. The molecule has 1 aliphatic rings. The lowest BCUT2D eigenvalue weighted by molar-refractivity contribution is -0.147. The van der Waals surface area contributed by atoms with Crippen LogP contribution in [0.3, 0.4) is 0 Å². The summed E-state index contributed by atoms with van der Waals surface area (Å²) in [7, 11) is 0. The van der Waals surface area contributed by atoms with Gasteiger partial charge in [0.2, 0.25) is 5.88 Å². The zero-order valence-corrected chi connectivity index (χ0v) is 13.3. The molecule has 1 unspecified atom stereocenters. The molecule has 0 aliphatic carbocycles. The van der Waals surface area contributed by atoms with Crippen molar-refractivity contribution in [2.45, 2.75) is 19.1 Å². The van der Waals surface area contributed by atoms with Crippen LogP contribution in [0.4, 0.5) is 0 Å². The largest absolute Gasteiger partial charge is 0.481 e. The highest BCUT2D eigenvalue weighted by atomic mass is 16.5. The molecule has 1 atom stereocenters. The van der Waals surface area contributed by atoms with E-state index in [-0.39, 0.29) is 12.0 Å². The van der Waals surface area contributed by atoms with Crippen molar-refractivity contribution >= 4 is 5.91 Å². The van der Waals surface area contributed by atoms with Crippen LogP contribution in [0.2, 0.25) is 0 Å². The summed E-state index contributed by atoms with van der Waals surface area (Å²) in [4.78, 5) is 18.1. The van der Waals surface area contributed by atoms with E-state index in [2.05, 4.69) is 4.98 Å². The van der Waals surface area contributed by atoms with Crippen molar-refractivity contribution in [2.75, 3.05) is 13.1 Å².